The maximum Gasteiger partial charge on any atom is 0.276 e. The van der Waals surface area contributed by atoms with Gasteiger partial charge in [-0.15, -0.1) is 0 Å². The minimum Gasteiger partial charge on any atom is -0.384 e. The van der Waals surface area contributed by atoms with Gasteiger partial charge in [-0.05, 0) is 18.2 Å². The fraction of sp³-hybridized carbons (Fsp3) is 0.333. The first-order chi connectivity index (χ1) is 6.09. The second-order valence-corrected chi connectivity index (χ2v) is 3.99. The van der Waals surface area contributed by atoms with Gasteiger partial charge in [0.05, 0.1) is 0 Å². The van der Waals surface area contributed by atoms with Crippen LogP contribution in [0.15, 0.2) is 22.7 Å². The Morgan fingerprint density at radius 1 is 1.38 bits per heavy atom. The Bertz CT molecular complexity index is 338. The molecule has 0 atom stereocenters. The molecular formula is C9H8BrF2N. The van der Waals surface area contributed by atoms with E-state index >= 15 is 0 Å². The highest BCUT2D eigenvalue weighted by Gasteiger charge is 2.36. The molecule has 0 radical (unpaired) electrons. The standard InChI is InChI=1S/C9H8BrF2N/c10-6-1-2-8-7(5-6)9(11,12)3-4-13-8/h1-2,5,13H,3-4H2. The fourth-order valence-electron chi connectivity index (χ4n) is 1.46. The number of alkyl halides is 2. The average molecular weight is 248 g/mol. The molecule has 70 valence electrons. The normalized spacial score (nSPS) is 19.0. The topological polar surface area (TPSA) is 12.0 Å². The van der Waals surface area contributed by atoms with Crippen LogP contribution >= 0.6 is 15.9 Å². The number of nitrogens with one attached hydrogen (secondary N) is 1. The van der Waals surface area contributed by atoms with E-state index in [0.29, 0.717) is 16.7 Å². The first kappa shape index (κ1) is 8.94. The zero-order valence-electron chi connectivity index (χ0n) is 6.78. The van der Waals surface area contributed by atoms with Crippen LogP contribution in [-0.4, -0.2) is 6.54 Å². The summed E-state index contributed by atoms with van der Waals surface area (Å²) < 4.78 is 27.3. The van der Waals surface area contributed by atoms with Crippen molar-refractivity contribution in [1.82, 2.24) is 0 Å². The van der Waals surface area contributed by atoms with Crippen LogP contribution in [0.25, 0.3) is 0 Å². The summed E-state index contributed by atoms with van der Waals surface area (Å²) >= 11 is 3.18. The zero-order chi connectivity index (χ0) is 9.47. The Hall–Kier alpha value is -0.640. The van der Waals surface area contributed by atoms with Crippen LogP contribution < -0.4 is 5.32 Å². The average Bonchev–Trinajstić information content (AvgIpc) is 2.06. The van der Waals surface area contributed by atoms with Crippen LogP contribution in [-0.2, 0) is 5.92 Å². The molecule has 1 aromatic carbocycles. The Labute approximate surface area is 83.3 Å². The molecule has 2 rings (SSSR count). The smallest absolute Gasteiger partial charge is 0.276 e. The summed E-state index contributed by atoms with van der Waals surface area (Å²) in [6.45, 7) is 0.335. The molecule has 0 unspecified atom stereocenters. The molecule has 1 N–H and O–H groups in total. The second kappa shape index (κ2) is 2.94. The molecule has 0 aliphatic carbocycles. The first-order valence-electron chi connectivity index (χ1n) is 4.01. The number of fused-ring (bicyclic) bond motifs is 1. The van der Waals surface area contributed by atoms with E-state index in [1.165, 1.54) is 6.07 Å². The van der Waals surface area contributed by atoms with Crippen molar-refractivity contribution >= 4 is 21.6 Å². The molecule has 1 heterocycles. The third-order valence-corrected chi connectivity index (χ3v) is 2.62. The summed E-state index contributed by atoms with van der Waals surface area (Å²) in [4.78, 5) is 0. The molecule has 0 spiro atoms. The molecule has 13 heavy (non-hydrogen) atoms. The number of anilines is 1. The van der Waals surface area contributed by atoms with Crippen molar-refractivity contribution in [2.24, 2.45) is 0 Å². The van der Waals surface area contributed by atoms with Gasteiger partial charge < -0.3 is 5.32 Å². The van der Waals surface area contributed by atoms with E-state index in [1.54, 1.807) is 12.1 Å². The number of benzene rings is 1. The minimum atomic E-state index is -2.69. The van der Waals surface area contributed by atoms with Gasteiger partial charge in [0, 0.05) is 28.7 Å². The summed E-state index contributed by atoms with van der Waals surface area (Å²) in [6.07, 6.45) is -0.129. The van der Waals surface area contributed by atoms with E-state index in [9.17, 15) is 8.78 Å². The predicted molar refractivity (Wildman–Crippen MR) is 51.1 cm³/mol. The van der Waals surface area contributed by atoms with Crippen molar-refractivity contribution in [2.75, 3.05) is 11.9 Å². The fourth-order valence-corrected chi connectivity index (χ4v) is 1.82. The molecule has 1 nitrogen and oxygen atoms in total. The summed E-state index contributed by atoms with van der Waals surface area (Å²) in [7, 11) is 0. The van der Waals surface area contributed by atoms with Gasteiger partial charge in [0.15, 0.2) is 0 Å². The Balaban J connectivity index is 2.55. The Morgan fingerprint density at radius 3 is 2.92 bits per heavy atom. The molecule has 0 amide bonds. The summed E-state index contributed by atoms with van der Waals surface area (Å²) in [5, 5.41) is 2.94. The Morgan fingerprint density at radius 2 is 2.15 bits per heavy atom. The van der Waals surface area contributed by atoms with E-state index in [2.05, 4.69) is 21.2 Å². The van der Waals surface area contributed by atoms with Crippen molar-refractivity contribution in [2.45, 2.75) is 12.3 Å². The number of halogens is 3. The molecule has 1 aliphatic rings. The largest absolute Gasteiger partial charge is 0.384 e. The number of hydrogen-bond acceptors (Lipinski definition) is 1. The third kappa shape index (κ3) is 1.55. The lowest BCUT2D eigenvalue weighted by Gasteiger charge is -2.26. The second-order valence-electron chi connectivity index (χ2n) is 3.07. The molecule has 4 heteroatoms. The maximum absolute atomic E-state index is 13.3. The van der Waals surface area contributed by atoms with E-state index in [-0.39, 0.29) is 12.0 Å². The summed E-state index contributed by atoms with van der Waals surface area (Å²) in [5.74, 6) is -2.69. The third-order valence-electron chi connectivity index (χ3n) is 2.13. The number of rotatable bonds is 0. The first-order valence-corrected chi connectivity index (χ1v) is 4.81. The minimum absolute atomic E-state index is 0.0909. The van der Waals surface area contributed by atoms with Crippen LogP contribution in [0.5, 0.6) is 0 Å². The maximum atomic E-state index is 13.3. The van der Waals surface area contributed by atoms with Crippen molar-refractivity contribution in [3.63, 3.8) is 0 Å². The molecule has 0 fully saturated rings. The highest BCUT2D eigenvalue weighted by atomic mass is 79.9. The number of hydrogen-bond donors (Lipinski definition) is 1. The molecule has 1 aromatic rings. The van der Waals surface area contributed by atoms with Gasteiger partial charge in [0.1, 0.15) is 0 Å². The predicted octanol–water partition coefficient (Wildman–Crippen LogP) is 3.36. The van der Waals surface area contributed by atoms with Gasteiger partial charge in [-0.3, -0.25) is 0 Å². The quantitative estimate of drug-likeness (QED) is 0.742. The lowest BCUT2D eigenvalue weighted by atomic mass is 10.00. The van der Waals surface area contributed by atoms with Crippen molar-refractivity contribution in [3.8, 4) is 0 Å². The molecule has 0 bridgehead atoms. The van der Waals surface area contributed by atoms with Gasteiger partial charge in [-0.1, -0.05) is 15.9 Å². The van der Waals surface area contributed by atoms with Gasteiger partial charge in [0.2, 0.25) is 0 Å². The van der Waals surface area contributed by atoms with Crippen molar-refractivity contribution in [1.29, 1.82) is 0 Å². The van der Waals surface area contributed by atoms with Gasteiger partial charge in [-0.25, -0.2) is 8.78 Å². The molecular weight excluding hydrogens is 240 g/mol. The molecule has 0 saturated heterocycles. The highest BCUT2D eigenvalue weighted by Crippen LogP contribution is 2.40. The monoisotopic (exact) mass is 247 g/mol. The van der Waals surface area contributed by atoms with Crippen molar-refractivity contribution < 1.29 is 8.78 Å². The van der Waals surface area contributed by atoms with E-state index in [0.717, 1.165) is 0 Å². The Kier molecular flexibility index (Phi) is 2.02. The van der Waals surface area contributed by atoms with E-state index in [1.807, 2.05) is 0 Å². The SMILES string of the molecule is FC1(F)CCNc2ccc(Br)cc21. The highest BCUT2D eigenvalue weighted by molar-refractivity contribution is 9.10. The summed E-state index contributed by atoms with van der Waals surface area (Å²) in [5.41, 5.74) is 0.632. The van der Waals surface area contributed by atoms with E-state index < -0.39 is 5.92 Å². The zero-order valence-corrected chi connectivity index (χ0v) is 8.37. The van der Waals surface area contributed by atoms with Crippen LogP contribution in [0.3, 0.4) is 0 Å². The van der Waals surface area contributed by atoms with Crippen LogP contribution in [0, 0.1) is 0 Å². The molecule has 0 aromatic heterocycles. The van der Waals surface area contributed by atoms with Gasteiger partial charge in [-0.2, -0.15) is 0 Å². The van der Waals surface area contributed by atoms with Gasteiger partial charge >= 0.3 is 0 Å². The van der Waals surface area contributed by atoms with Crippen LogP contribution in [0.4, 0.5) is 14.5 Å². The van der Waals surface area contributed by atoms with Gasteiger partial charge in [0.25, 0.3) is 5.92 Å². The van der Waals surface area contributed by atoms with Crippen LogP contribution in [0.2, 0.25) is 0 Å². The lowest BCUT2D eigenvalue weighted by Crippen LogP contribution is -2.25. The van der Waals surface area contributed by atoms with E-state index in [4.69, 9.17) is 0 Å². The van der Waals surface area contributed by atoms with Crippen molar-refractivity contribution in [3.05, 3.63) is 28.2 Å². The lowest BCUT2D eigenvalue weighted by molar-refractivity contribution is -0.0123. The summed E-state index contributed by atoms with van der Waals surface area (Å²) in [6, 6.07) is 4.90. The van der Waals surface area contributed by atoms with Crippen LogP contribution in [0.1, 0.15) is 12.0 Å². The molecule has 0 saturated carbocycles. The molecule has 1 aliphatic heterocycles.